The minimum atomic E-state index is -0.451. The maximum absolute atomic E-state index is 11.1. The Bertz CT molecular complexity index is 280. The Morgan fingerprint density at radius 2 is 2.17 bits per heavy atom. The molecule has 1 aromatic heterocycles. The molecule has 0 saturated carbocycles. The number of hydrogen-bond donors (Lipinski definition) is 1. The number of aromatic amines is 1. The largest absolute Gasteiger partial charge is 0.464 e. The van der Waals surface area contributed by atoms with Gasteiger partial charge in [-0.05, 0) is 5.92 Å². The van der Waals surface area contributed by atoms with Crippen molar-refractivity contribution in [3.63, 3.8) is 0 Å². The normalized spacial score (nSPS) is 10.3. The highest BCUT2D eigenvalue weighted by Crippen LogP contribution is 2.14. The number of ether oxygens (including phenoxy) is 1. The SMILES string of the molecule is COC(=O)c1n[nH]nc1C(C)C. The number of rotatable bonds is 2. The summed E-state index contributed by atoms with van der Waals surface area (Å²) in [7, 11) is 1.32. The quantitative estimate of drug-likeness (QED) is 0.662. The molecular formula is C7H11N3O2. The van der Waals surface area contributed by atoms with Crippen molar-refractivity contribution in [1.29, 1.82) is 0 Å². The summed E-state index contributed by atoms with van der Waals surface area (Å²) in [6.45, 7) is 3.87. The van der Waals surface area contributed by atoms with Crippen molar-refractivity contribution in [1.82, 2.24) is 15.4 Å². The first kappa shape index (κ1) is 8.70. The van der Waals surface area contributed by atoms with Gasteiger partial charge >= 0.3 is 5.97 Å². The van der Waals surface area contributed by atoms with Crippen LogP contribution in [0, 0.1) is 0 Å². The predicted molar refractivity (Wildman–Crippen MR) is 41.8 cm³/mol. The van der Waals surface area contributed by atoms with Crippen molar-refractivity contribution in [2.75, 3.05) is 7.11 Å². The zero-order valence-corrected chi connectivity index (χ0v) is 7.29. The summed E-state index contributed by atoms with van der Waals surface area (Å²) in [5.74, 6) is -0.287. The van der Waals surface area contributed by atoms with Gasteiger partial charge in [0.15, 0.2) is 5.69 Å². The van der Waals surface area contributed by atoms with Gasteiger partial charge in [-0.1, -0.05) is 13.8 Å². The molecule has 66 valence electrons. The fourth-order valence-corrected chi connectivity index (χ4v) is 0.889. The number of nitrogens with zero attached hydrogens (tertiary/aromatic N) is 2. The molecule has 1 heterocycles. The molecule has 0 radical (unpaired) electrons. The number of H-pyrrole nitrogens is 1. The number of esters is 1. The highest BCUT2D eigenvalue weighted by molar-refractivity contribution is 5.88. The molecule has 0 spiro atoms. The minimum absolute atomic E-state index is 0.165. The Hall–Kier alpha value is -1.39. The third-order valence-electron chi connectivity index (χ3n) is 1.50. The molecule has 1 rings (SSSR count). The molecule has 0 saturated heterocycles. The smallest absolute Gasteiger partial charge is 0.360 e. The molecule has 0 aliphatic carbocycles. The average molecular weight is 169 g/mol. The Kier molecular flexibility index (Phi) is 2.42. The van der Waals surface area contributed by atoms with E-state index in [9.17, 15) is 4.79 Å². The molecule has 0 fully saturated rings. The lowest BCUT2D eigenvalue weighted by atomic mass is 10.1. The van der Waals surface area contributed by atoms with Crippen LogP contribution in [0.5, 0.6) is 0 Å². The van der Waals surface area contributed by atoms with Crippen LogP contribution in [0.25, 0.3) is 0 Å². The second-order valence-corrected chi connectivity index (χ2v) is 2.70. The highest BCUT2D eigenvalue weighted by atomic mass is 16.5. The predicted octanol–water partition coefficient (Wildman–Crippen LogP) is 0.715. The van der Waals surface area contributed by atoms with Gasteiger partial charge in [0.2, 0.25) is 0 Å². The van der Waals surface area contributed by atoms with E-state index in [2.05, 4.69) is 20.1 Å². The van der Waals surface area contributed by atoms with Crippen molar-refractivity contribution in [3.8, 4) is 0 Å². The topological polar surface area (TPSA) is 67.9 Å². The van der Waals surface area contributed by atoms with Crippen LogP contribution in [0.1, 0.15) is 35.9 Å². The third kappa shape index (κ3) is 1.44. The van der Waals surface area contributed by atoms with Crippen molar-refractivity contribution >= 4 is 5.97 Å². The molecule has 1 N–H and O–H groups in total. The molecule has 0 aliphatic heterocycles. The molecule has 0 bridgehead atoms. The van der Waals surface area contributed by atoms with E-state index in [0.717, 1.165) is 0 Å². The number of nitrogens with one attached hydrogen (secondary N) is 1. The van der Waals surface area contributed by atoms with E-state index < -0.39 is 5.97 Å². The van der Waals surface area contributed by atoms with Gasteiger partial charge in [0.25, 0.3) is 0 Å². The van der Waals surface area contributed by atoms with Crippen LogP contribution in [0.15, 0.2) is 0 Å². The van der Waals surface area contributed by atoms with Crippen LogP contribution in [-0.4, -0.2) is 28.5 Å². The second-order valence-electron chi connectivity index (χ2n) is 2.70. The number of aromatic nitrogens is 3. The minimum Gasteiger partial charge on any atom is -0.464 e. The standard InChI is InChI=1S/C7H11N3O2/c1-4(2)5-6(7(11)12-3)9-10-8-5/h4H,1-3H3,(H,8,9,10). The van der Waals surface area contributed by atoms with E-state index in [-0.39, 0.29) is 11.6 Å². The summed E-state index contributed by atoms with van der Waals surface area (Å²) in [6.07, 6.45) is 0. The van der Waals surface area contributed by atoms with Gasteiger partial charge in [-0.2, -0.15) is 10.3 Å². The molecule has 5 nitrogen and oxygen atoms in total. The number of hydrogen-bond acceptors (Lipinski definition) is 4. The number of methoxy groups -OCH3 is 1. The lowest BCUT2D eigenvalue weighted by molar-refractivity contribution is 0.0592. The molecule has 0 aliphatic rings. The molecule has 0 amide bonds. The molecule has 0 atom stereocenters. The molecule has 0 aromatic carbocycles. The molecular weight excluding hydrogens is 158 g/mol. The second kappa shape index (κ2) is 3.34. The van der Waals surface area contributed by atoms with E-state index in [1.807, 2.05) is 13.8 Å². The lowest BCUT2D eigenvalue weighted by Crippen LogP contribution is -2.06. The first-order chi connectivity index (χ1) is 5.66. The van der Waals surface area contributed by atoms with Crippen LogP contribution in [0.4, 0.5) is 0 Å². The van der Waals surface area contributed by atoms with Crippen LogP contribution in [0.2, 0.25) is 0 Å². The Labute approximate surface area is 70.1 Å². The van der Waals surface area contributed by atoms with E-state index in [0.29, 0.717) is 5.69 Å². The zero-order chi connectivity index (χ0) is 9.14. The van der Waals surface area contributed by atoms with Gasteiger partial charge in [-0.3, -0.25) is 0 Å². The first-order valence-corrected chi connectivity index (χ1v) is 3.65. The summed E-state index contributed by atoms with van der Waals surface area (Å²) in [6, 6.07) is 0. The number of carbonyl (C=O) groups excluding carboxylic acids is 1. The Morgan fingerprint density at radius 3 is 2.67 bits per heavy atom. The highest BCUT2D eigenvalue weighted by Gasteiger charge is 2.18. The number of carbonyl (C=O) groups is 1. The van der Waals surface area contributed by atoms with Crippen LogP contribution >= 0.6 is 0 Å². The van der Waals surface area contributed by atoms with Gasteiger partial charge in [0, 0.05) is 0 Å². The van der Waals surface area contributed by atoms with E-state index in [4.69, 9.17) is 0 Å². The molecule has 5 heteroatoms. The van der Waals surface area contributed by atoms with E-state index in [1.54, 1.807) is 0 Å². The molecule has 12 heavy (non-hydrogen) atoms. The average Bonchev–Trinajstić information content (AvgIpc) is 2.50. The van der Waals surface area contributed by atoms with Gasteiger partial charge in [0.05, 0.1) is 12.8 Å². The zero-order valence-electron chi connectivity index (χ0n) is 7.29. The maximum atomic E-state index is 11.1. The van der Waals surface area contributed by atoms with Crippen molar-refractivity contribution in [2.45, 2.75) is 19.8 Å². The van der Waals surface area contributed by atoms with Crippen LogP contribution in [0.3, 0.4) is 0 Å². The van der Waals surface area contributed by atoms with Gasteiger partial charge in [-0.25, -0.2) is 4.79 Å². The summed E-state index contributed by atoms with van der Waals surface area (Å²) in [5, 5.41) is 9.94. The van der Waals surface area contributed by atoms with Crippen LogP contribution in [-0.2, 0) is 4.74 Å². The Balaban J connectivity index is 2.99. The van der Waals surface area contributed by atoms with Crippen molar-refractivity contribution in [2.24, 2.45) is 0 Å². The molecule has 1 aromatic rings. The van der Waals surface area contributed by atoms with Crippen molar-refractivity contribution < 1.29 is 9.53 Å². The third-order valence-corrected chi connectivity index (χ3v) is 1.50. The summed E-state index contributed by atoms with van der Waals surface area (Å²) >= 11 is 0. The molecule has 0 unspecified atom stereocenters. The maximum Gasteiger partial charge on any atom is 0.360 e. The van der Waals surface area contributed by atoms with Gasteiger partial charge in [-0.15, -0.1) is 5.10 Å². The van der Waals surface area contributed by atoms with Gasteiger partial charge < -0.3 is 4.74 Å². The summed E-state index contributed by atoms with van der Waals surface area (Å²) in [5.41, 5.74) is 0.911. The fraction of sp³-hybridized carbons (Fsp3) is 0.571. The monoisotopic (exact) mass is 169 g/mol. The summed E-state index contributed by atoms with van der Waals surface area (Å²) < 4.78 is 4.52. The van der Waals surface area contributed by atoms with Crippen molar-refractivity contribution in [3.05, 3.63) is 11.4 Å². The van der Waals surface area contributed by atoms with Gasteiger partial charge in [0.1, 0.15) is 0 Å². The summed E-state index contributed by atoms with van der Waals surface area (Å²) in [4.78, 5) is 11.1. The Morgan fingerprint density at radius 1 is 1.50 bits per heavy atom. The fourth-order valence-electron chi connectivity index (χ4n) is 0.889. The first-order valence-electron chi connectivity index (χ1n) is 3.65. The lowest BCUT2D eigenvalue weighted by Gasteiger charge is -2.00. The van der Waals surface area contributed by atoms with E-state index >= 15 is 0 Å². The van der Waals surface area contributed by atoms with E-state index in [1.165, 1.54) is 7.11 Å². The van der Waals surface area contributed by atoms with Crippen LogP contribution < -0.4 is 0 Å².